The van der Waals surface area contributed by atoms with Gasteiger partial charge in [-0.2, -0.15) is 0 Å². The molecule has 0 bridgehead atoms. The number of hydrogen-bond acceptors (Lipinski definition) is 2. The molecule has 11 aromatic carbocycles. The van der Waals surface area contributed by atoms with Crippen LogP contribution in [0.25, 0.3) is 99.1 Å². The Kier molecular flexibility index (Phi) is 8.42. The molecule has 14 rings (SSSR count). The first kappa shape index (κ1) is 38.8. The number of fused-ring (bicyclic) bond motifs is 11. The van der Waals surface area contributed by atoms with Gasteiger partial charge in [0.05, 0.1) is 0 Å². The molecular formula is C66H45NO. The zero-order valence-electron chi connectivity index (χ0n) is 37.9. The molecule has 0 saturated carbocycles. The van der Waals surface area contributed by atoms with Crippen LogP contribution in [0.4, 0.5) is 17.1 Å². The van der Waals surface area contributed by atoms with Crippen molar-refractivity contribution >= 4 is 60.5 Å². The van der Waals surface area contributed by atoms with Crippen molar-refractivity contribution in [1.29, 1.82) is 0 Å². The average molecular weight is 868 g/mol. The molecule has 2 aliphatic rings. The second-order valence-electron chi connectivity index (χ2n) is 19.3. The quantitative estimate of drug-likeness (QED) is 0.166. The summed E-state index contributed by atoms with van der Waals surface area (Å²) in [6.07, 6.45) is 0.889. The van der Waals surface area contributed by atoms with Crippen molar-refractivity contribution in [3.8, 4) is 55.6 Å². The van der Waals surface area contributed by atoms with E-state index < -0.39 is 0 Å². The molecule has 1 heterocycles. The van der Waals surface area contributed by atoms with Crippen LogP contribution >= 0.6 is 0 Å². The zero-order chi connectivity index (χ0) is 45.1. The van der Waals surface area contributed by atoms with Crippen molar-refractivity contribution in [2.24, 2.45) is 0 Å². The van der Waals surface area contributed by atoms with E-state index in [1.165, 1.54) is 88.3 Å². The van der Waals surface area contributed by atoms with Crippen LogP contribution in [0.1, 0.15) is 36.1 Å². The van der Waals surface area contributed by atoms with Crippen molar-refractivity contribution in [2.75, 3.05) is 4.90 Å². The minimum Gasteiger partial charge on any atom is -0.455 e. The third-order valence-electron chi connectivity index (χ3n) is 15.0. The lowest BCUT2D eigenvalue weighted by Crippen LogP contribution is -2.16. The molecule has 0 aliphatic heterocycles. The Morgan fingerprint density at radius 3 is 1.57 bits per heavy atom. The SMILES string of the molecule is CC1(C)c2cc(-c3ccc4ccccc4c3)ccc2-c2ccc(N(c3ccc(-c4cccc5c4oc4ccccc45)cc3)c3ccc4c(c3)Cc3cc(-c5ccc6ccccc6c5)ccc3-4)cc21. The first-order chi connectivity index (χ1) is 33.4. The summed E-state index contributed by atoms with van der Waals surface area (Å²) in [4.78, 5) is 2.45. The van der Waals surface area contributed by atoms with Crippen molar-refractivity contribution in [2.45, 2.75) is 25.7 Å². The fourth-order valence-electron chi connectivity index (χ4n) is 11.5. The van der Waals surface area contributed by atoms with Crippen molar-refractivity contribution < 1.29 is 4.42 Å². The molecule has 320 valence electrons. The predicted molar refractivity (Wildman–Crippen MR) is 286 cm³/mol. The fourth-order valence-corrected chi connectivity index (χ4v) is 11.5. The highest BCUT2D eigenvalue weighted by Crippen LogP contribution is 2.52. The maximum Gasteiger partial charge on any atom is 0.143 e. The normalized spacial score (nSPS) is 13.2. The second kappa shape index (κ2) is 14.8. The van der Waals surface area contributed by atoms with E-state index in [1.807, 2.05) is 6.07 Å². The third-order valence-corrected chi connectivity index (χ3v) is 15.0. The van der Waals surface area contributed by atoms with Crippen LogP contribution in [-0.2, 0) is 11.8 Å². The summed E-state index contributed by atoms with van der Waals surface area (Å²) in [5.74, 6) is 0. The molecule has 0 atom stereocenters. The smallest absolute Gasteiger partial charge is 0.143 e. The molecule has 1 aromatic heterocycles. The van der Waals surface area contributed by atoms with Gasteiger partial charge in [-0.05, 0) is 161 Å². The van der Waals surface area contributed by atoms with Crippen molar-refractivity contribution in [3.05, 3.63) is 247 Å². The summed E-state index contributed by atoms with van der Waals surface area (Å²) >= 11 is 0. The summed E-state index contributed by atoms with van der Waals surface area (Å²) in [5.41, 5.74) is 22.9. The van der Waals surface area contributed by atoms with Crippen LogP contribution < -0.4 is 4.90 Å². The molecule has 0 N–H and O–H groups in total. The Labute approximate surface area is 396 Å². The summed E-state index contributed by atoms with van der Waals surface area (Å²) < 4.78 is 6.50. The summed E-state index contributed by atoms with van der Waals surface area (Å²) in [6, 6.07) is 83.0. The predicted octanol–water partition coefficient (Wildman–Crippen LogP) is 18.2. The van der Waals surface area contributed by atoms with E-state index in [1.54, 1.807) is 0 Å². The van der Waals surface area contributed by atoms with Gasteiger partial charge >= 0.3 is 0 Å². The number of nitrogens with zero attached hydrogens (tertiary/aromatic N) is 1. The minimum atomic E-state index is -0.212. The van der Waals surface area contributed by atoms with E-state index in [2.05, 4.69) is 237 Å². The van der Waals surface area contributed by atoms with Gasteiger partial charge in [-0.15, -0.1) is 0 Å². The molecule has 2 nitrogen and oxygen atoms in total. The standard InChI is InChI=1S/C66H45NO/c1-66(2)62-39-49(47-21-19-42-11-4-6-13-45(42)35-47)25-31-58(62)59-33-29-54(40-63(59)66)67(52-26-22-43(23-27-52)57-15-9-16-61-60-14-7-8-17-64(60)68-65(57)61)53-28-32-56-51(38-53)37-50-36-48(24-30-55(50)56)46-20-18-41-10-3-5-12-44(41)34-46/h3-36,38-40H,37H2,1-2H3. The highest BCUT2D eigenvalue weighted by atomic mass is 16.3. The van der Waals surface area contributed by atoms with Gasteiger partial charge in [0.1, 0.15) is 11.2 Å². The van der Waals surface area contributed by atoms with E-state index in [9.17, 15) is 0 Å². The maximum atomic E-state index is 6.50. The van der Waals surface area contributed by atoms with Crippen LogP contribution in [0.15, 0.2) is 229 Å². The first-order valence-corrected chi connectivity index (χ1v) is 23.8. The van der Waals surface area contributed by atoms with E-state index in [-0.39, 0.29) is 5.41 Å². The van der Waals surface area contributed by atoms with E-state index >= 15 is 0 Å². The average Bonchev–Trinajstić information content (AvgIpc) is 4.03. The van der Waals surface area contributed by atoms with Gasteiger partial charge in [0.15, 0.2) is 0 Å². The molecule has 0 unspecified atom stereocenters. The van der Waals surface area contributed by atoms with Gasteiger partial charge in [0.25, 0.3) is 0 Å². The van der Waals surface area contributed by atoms with E-state index in [0.717, 1.165) is 56.5 Å². The Morgan fingerprint density at radius 2 is 0.853 bits per heavy atom. The number of furan rings is 1. The fraction of sp³-hybridized carbons (Fsp3) is 0.0606. The number of benzene rings is 11. The maximum absolute atomic E-state index is 6.50. The zero-order valence-corrected chi connectivity index (χ0v) is 37.9. The van der Waals surface area contributed by atoms with Crippen molar-refractivity contribution in [3.63, 3.8) is 0 Å². The van der Waals surface area contributed by atoms with Crippen LogP contribution in [0.2, 0.25) is 0 Å². The van der Waals surface area contributed by atoms with Crippen LogP contribution in [0.5, 0.6) is 0 Å². The van der Waals surface area contributed by atoms with Gasteiger partial charge in [-0.1, -0.05) is 178 Å². The lowest BCUT2D eigenvalue weighted by molar-refractivity contribution is 0.660. The lowest BCUT2D eigenvalue weighted by atomic mass is 9.81. The van der Waals surface area contributed by atoms with Crippen molar-refractivity contribution in [1.82, 2.24) is 0 Å². The Bertz CT molecular complexity index is 4040. The number of anilines is 3. The summed E-state index contributed by atoms with van der Waals surface area (Å²) in [6.45, 7) is 4.78. The molecule has 0 amide bonds. The van der Waals surface area contributed by atoms with Crippen LogP contribution in [-0.4, -0.2) is 0 Å². The highest BCUT2D eigenvalue weighted by molar-refractivity contribution is 6.09. The van der Waals surface area contributed by atoms with Gasteiger partial charge < -0.3 is 9.32 Å². The van der Waals surface area contributed by atoms with Gasteiger partial charge in [0.2, 0.25) is 0 Å². The summed E-state index contributed by atoms with van der Waals surface area (Å²) in [5, 5.41) is 7.34. The summed E-state index contributed by atoms with van der Waals surface area (Å²) in [7, 11) is 0. The largest absolute Gasteiger partial charge is 0.455 e. The Hall–Kier alpha value is -8.46. The van der Waals surface area contributed by atoms with Gasteiger partial charge in [-0.3, -0.25) is 0 Å². The molecule has 2 aliphatic carbocycles. The number of hydrogen-bond donors (Lipinski definition) is 0. The van der Waals surface area contributed by atoms with Gasteiger partial charge in [-0.25, -0.2) is 0 Å². The van der Waals surface area contributed by atoms with Crippen LogP contribution in [0, 0.1) is 0 Å². The topological polar surface area (TPSA) is 16.4 Å². The monoisotopic (exact) mass is 867 g/mol. The number of rotatable bonds is 6. The molecular weight excluding hydrogens is 823 g/mol. The minimum absolute atomic E-state index is 0.212. The molecule has 12 aromatic rings. The molecule has 0 radical (unpaired) electrons. The first-order valence-electron chi connectivity index (χ1n) is 23.8. The Morgan fingerprint density at radius 1 is 0.353 bits per heavy atom. The molecule has 2 heteroatoms. The Balaban J connectivity index is 0.859. The molecule has 0 saturated heterocycles. The van der Waals surface area contributed by atoms with Crippen LogP contribution in [0.3, 0.4) is 0 Å². The van der Waals surface area contributed by atoms with Gasteiger partial charge in [0, 0.05) is 38.8 Å². The molecule has 68 heavy (non-hydrogen) atoms. The van der Waals surface area contributed by atoms with E-state index in [0.29, 0.717) is 0 Å². The van der Waals surface area contributed by atoms with E-state index in [4.69, 9.17) is 4.42 Å². The molecule has 0 spiro atoms. The number of para-hydroxylation sites is 2. The third kappa shape index (κ3) is 6.04. The highest BCUT2D eigenvalue weighted by Gasteiger charge is 2.36. The molecule has 0 fully saturated rings. The second-order valence-corrected chi connectivity index (χ2v) is 19.3. The lowest BCUT2D eigenvalue weighted by Gasteiger charge is -2.29.